The molecule has 2 nitrogen and oxygen atoms in total. The van der Waals surface area contributed by atoms with E-state index in [0.717, 1.165) is 14.5 Å². The van der Waals surface area contributed by atoms with Crippen molar-refractivity contribution in [2.24, 2.45) is 0 Å². The summed E-state index contributed by atoms with van der Waals surface area (Å²) in [6.45, 7) is 1.96. The van der Waals surface area contributed by atoms with Crippen LogP contribution >= 0.6 is 31.9 Å². The first-order valence-corrected chi connectivity index (χ1v) is 4.75. The van der Waals surface area contributed by atoms with Crippen molar-refractivity contribution >= 4 is 31.9 Å². The summed E-state index contributed by atoms with van der Waals surface area (Å²) < 4.78 is 6.41. The summed E-state index contributed by atoms with van der Waals surface area (Å²) in [4.78, 5) is 0. The Morgan fingerprint density at radius 1 is 1.33 bits per heavy atom. The zero-order valence-electron chi connectivity index (χ0n) is 6.27. The average Bonchev–Trinajstić information content (AvgIpc) is 2.01. The summed E-state index contributed by atoms with van der Waals surface area (Å²) >= 11 is 6.63. The number of nitrogens with zero attached hydrogens (tertiary/aromatic N) is 1. The molecule has 0 aromatic heterocycles. The van der Waals surface area contributed by atoms with Crippen molar-refractivity contribution in [3.8, 4) is 12.0 Å². The molecule has 0 N–H and O–H groups in total. The van der Waals surface area contributed by atoms with Gasteiger partial charge in [-0.2, -0.15) is 0 Å². The highest BCUT2D eigenvalue weighted by molar-refractivity contribution is 9.11. The van der Waals surface area contributed by atoms with Gasteiger partial charge < -0.3 is 4.74 Å². The second-order valence-corrected chi connectivity index (χ2v) is 3.93. The van der Waals surface area contributed by atoms with Gasteiger partial charge in [-0.05, 0) is 40.5 Å². The van der Waals surface area contributed by atoms with Crippen LogP contribution in [0.4, 0.5) is 0 Å². The van der Waals surface area contributed by atoms with Crippen LogP contribution in [0.2, 0.25) is 0 Å². The van der Waals surface area contributed by atoms with Crippen LogP contribution < -0.4 is 4.74 Å². The molecule has 0 unspecified atom stereocenters. The summed E-state index contributed by atoms with van der Waals surface area (Å²) in [5, 5.41) is 8.30. The summed E-state index contributed by atoms with van der Waals surface area (Å²) in [5.74, 6) is 0.523. The quantitative estimate of drug-likeness (QED) is 0.743. The minimum absolute atomic E-state index is 0.523. The van der Waals surface area contributed by atoms with E-state index in [2.05, 4.69) is 31.9 Å². The molecule has 0 spiro atoms. The lowest BCUT2D eigenvalue weighted by Crippen LogP contribution is -1.85. The molecule has 0 saturated carbocycles. The SMILES string of the molecule is Cc1cc(Br)c(OC#N)cc1Br. The van der Waals surface area contributed by atoms with Gasteiger partial charge in [0.05, 0.1) is 4.47 Å². The maximum atomic E-state index is 8.30. The third-order valence-electron chi connectivity index (χ3n) is 1.37. The van der Waals surface area contributed by atoms with Crippen LogP contribution in [0.25, 0.3) is 0 Å². The maximum Gasteiger partial charge on any atom is 0.292 e. The molecule has 0 amide bonds. The van der Waals surface area contributed by atoms with E-state index in [9.17, 15) is 0 Å². The number of nitriles is 1. The Kier molecular flexibility index (Phi) is 3.12. The van der Waals surface area contributed by atoms with E-state index in [1.807, 2.05) is 13.0 Å². The second kappa shape index (κ2) is 3.92. The van der Waals surface area contributed by atoms with E-state index in [1.165, 1.54) is 0 Å². The Morgan fingerprint density at radius 3 is 2.58 bits per heavy atom. The van der Waals surface area contributed by atoms with Crippen molar-refractivity contribution in [1.82, 2.24) is 0 Å². The van der Waals surface area contributed by atoms with Gasteiger partial charge in [-0.3, -0.25) is 0 Å². The van der Waals surface area contributed by atoms with Crippen molar-refractivity contribution in [2.45, 2.75) is 6.92 Å². The molecule has 1 rings (SSSR count). The Morgan fingerprint density at radius 2 is 2.00 bits per heavy atom. The van der Waals surface area contributed by atoms with E-state index in [1.54, 1.807) is 12.3 Å². The first-order chi connectivity index (χ1) is 5.65. The summed E-state index contributed by atoms with van der Waals surface area (Å²) in [5.41, 5.74) is 1.09. The molecule has 0 aliphatic rings. The highest BCUT2D eigenvalue weighted by Crippen LogP contribution is 2.30. The number of aryl methyl sites for hydroxylation is 1. The van der Waals surface area contributed by atoms with E-state index >= 15 is 0 Å². The number of ether oxygens (including phenoxy) is 1. The number of rotatable bonds is 1. The number of halogens is 2. The lowest BCUT2D eigenvalue weighted by atomic mass is 10.2. The minimum Gasteiger partial charge on any atom is -0.387 e. The van der Waals surface area contributed by atoms with Gasteiger partial charge in [0.25, 0.3) is 6.26 Å². The van der Waals surface area contributed by atoms with Crippen molar-refractivity contribution in [2.75, 3.05) is 0 Å². The van der Waals surface area contributed by atoms with E-state index in [0.29, 0.717) is 5.75 Å². The van der Waals surface area contributed by atoms with Gasteiger partial charge in [-0.1, -0.05) is 15.9 Å². The summed E-state index contributed by atoms with van der Waals surface area (Å²) in [6, 6.07) is 3.64. The minimum atomic E-state index is 0.523. The van der Waals surface area contributed by atoms with Crippen molar-refractivity contribution < 1.29 is 4.74 Å². The standard InChI is InChI=1S/C8H5Br2NO/c1-5-2-7(10)8(12-4-11)3-6(5)9/h2-3H,1H3. The molecule has 0 saturated heterocycles. The molecule has 4 heteroatoms. The van der Waals surface area contributed by atoms with Crippen molar-refractivity contribution in [3.63, 3.8) is 0 Å². The van der Waals surface area contributed by atoms with Gasteiger partial charge in [0, 0.05) is 4.47 Å². The normalized spacial score (nSPS) is 9.17. The zero-order chi connectivity index (χ0) is 9.14. The van der Waals surface area contributed by atoms with Crippen LogP contribution in [-0.4, -0.2) is 0 Å². The number of hydrogen-bond acceptors (Lipinski definition) is 2. The molecule has 0 bridgehead atoms. The smallest absolute Gasteiger partial charge is 0.292 e. The van der Waals surface area contributed by atoms with Crippen LogP contribution in [0.15, 0.2) is 21.1 Å². The fraction of sp³-hybridized carbons (Fsp3) is 0.125. The monoisotopic (exact) mass is 289 g/mol. The third kappa shape index (κ3) is 1.99. The molecule has 1 aromatic carbocycles. The highest BCUT2D eigenvalue weighted by atomic mass is 79.9. The lowest BCUT2D eigenvalue weighted by Gasteiger charge is -2.03. The Bertz CT molecular complexity index is 344. The van der Waals surface area contributed by atoms with Crippen LogP contribution in [0.5, 0.6) is 5.75 Å². The van der Waals surface area contributed by atoms with Crippen LogP contribution in [0.3, 0.4) is 0 Å². The first-order valence-electron chi connectivity index (χ1n) is 3.16. The summed E-state index contributed by atoms with van der Waals surface area (Å²) in [7, 11) is 0. The van der Waals surface area contributed by atoms with Crippen LogP contribution in [-0.2, 0) is 0 Å². The predicted octanol–water partition coefficient (Wildman–Crippen LogP) is 3.38. The largest absolute Gasteiger partial charge is 0.387 e. The molecule has 0 fully saturated rings. The predicted molar refractivity (Wildman–Crippen MR) is 52.8 cm³/mol. The van der Waals surface area contributed by atoms with Crippen LogP contribution in [0.1, 0.15) is 5.56 Å². The van der Waals surface area contributed by atoms with E-state index in [4.69, 9.17) is 10.00 Å². The Labute approximate surface area is 87.4 Å². The maximum absolute atomic E-state index is 8.30. The Balaban J connectivity index is 3.16. The van der Waals surface area contributed by atoms with Gasteiger partial charge in [0.2, 0.25) is 0 Å². The van der Waals surface area contributed by atoms with Gasteiger partial charge >= 0.3 is 0 Å². The number of hydrogen-bond donors (Lipinski definition) is 0. The van der Waals surface area contributed by atoms with Gasteiger partial charge in [0.1, 0.15) is 0 Å². The Hall–Kier alpha value is -0.530. The molecule has 12 heavy (non-hydrogen) atoms. The molecule has 0 heterocycles. The molecule has 0 aliphatic carbocycles. The molecular weight excluding hydrogens is 286 g/mol. The fourth-order valence-electron chi connectivity index (χ4n) is 0.755. The summed E-state index contributed by atoms with van der Waals surface area (Å²) in [6.07, 6.45) is 1.62. The number of benzene rings is 1. The van der Waals surface area contributed by atoms with Crippen molar-refractivity contribution in [3.05, 3.63) is 26.6 Å². The van der Waals surface area contributed by atoms with E-state index < -0.39 is 0 Å². The average molecular weight is 291 g/mol. The van der Waals surface area contributed by atoms with Gasteiger partial charge in [-0.25, -0.2) is 0 Å². The van der Waals surface area contributed by atoms with Crippen molar-refractivity contribution in [1.29, 1.82) is 5.26 Å². The highest BCUT2D eigenvalue weighted by Gasteiger charge is 2.04. The lowest BCUT2D eigenvalue weighted by molar-refractivity contribution is 0.503. The molecule has 0 aliphatic heterocycles. The molecule has 1 aromatic rings. The van der Waals surface area contributed by atoms with Gasteiger partial charge in [0.15, 0.2) is 5.75 Å². The molecular formula is C8H5Br2NO. The molecule has 0 radical (unpaired) electrons. The third-order valence-corrected chi connectivity index (χ3v) is 2.84. The van der Waals surface area contributed by atoms with E-state index in [-0.39, 0.29) is 0 Å². The molecule has 62 valence electrons. The first kappa shape index (κ1) is 9.56. The fourth-order valence-corrected chi connectivity index (χ4v) is 1.62. The second-order valence-electron chi connectivity index (χ2n) is 2.23. The van der Waals surface area contributed by atoms with Crippen LogP contribution in [0, 0.1) is 18.4 Å². The van der Waals surface area contributed by atoms with Gasteiger partial charge in [-0.15, -0.1) is 5.26 Å². The zero-order valence-corrected chi connectivity index (χ0v) is 9.44. The topological polar surface area (TPSA) is 33.0 Å². The molecule has 0 atom stereocenters.